The molecule has 1 aliphatic rings. The standard InChI is InChI=1S/C17H23N3O6S/c1-2-26-17(23)13-7-9-20(10-8-13)16(22)15(21)19-11-12-3-5-14(6-4-12)27(18,24)25/h3-6,13H,2,7-11H2,1H3,(H,19,21)(H2,18,24,25). The molecule has 148 valence electrons. The second kappa shape index (κ2) is 8.96. The van der Waals surface area contributed by atoms with Crippen LogP contribution < -0.4 is 10.5 Å². The molecular weight excluding hydrogens is 374 g/mol. The van der Waals surface area contributed by atoms with Gasteiger partial charge < -0.3 is 15.0 Å². The van der Waals surface area contributed by atoms with Crippen LogP contribution in [0.1, 0.15) is 25.3 Å². The van der Waals surface area contributed by atoms with E-state index in [9.17, 15) is 22.8 Å². The van der Waals surface area contributed by atoms with Crippen molar-refractivity contribution in [2.75, 3.05) is 19.7 Å². The predicted molar refractivity (Wildman–Crippen MR) is 95.6 cm³/mol. The highest BCUT2D eigenvalue weighted by molar-refractivity contribution is 7.89. The number of carbonyl (C=O) groups excluding carboxylic acids is 3. The van der Waals surface area contributed by atoms with Gasteiger partial charge in [-0.05, 0) is 37.5 Å². The summed E-state index contributed by atoms with van der Waals surface area (Å²) in [6.07, 6.45) is 0.930. The van der Waals surface area contributed by atoms with E-state index in [1.807, 2.05) is 0 Å². The van der Waals surface area contributed by atoms with E-state index >= 15 is 0 Å². The van der Waals surface area contributed by atoms with Crippen LogP contribution in [0.2, 0.25) is 0 Å². The van der Waals surface area contributed by atoms with Gasteiger partial charge in [0.15, 0.2) is 0 Å². The smallest absolute Gasteiger partial charge is 0.311 e. The van der Waals surface area contributed by atoms with Crippen molar-refractivity contribution in [3.63, 3.8) is 0 Å². The fourth-order valence-corrected chi connectivity index (χ4v) is 3.29. The average Bonchev–Trinajstić information content (AvgIpc) is 2.65. The lowest BCUT2D eigenvalue weighted by molar-refractivity contribution is -0.152. The van der Waals surface area contributed by atoms with E-state index in [0.717, 1.165) is 0 Å². The largest absolute Gasteiger partial charge is 0.466 e. The van der Waals surface area contributed by atoms with Gasteiger partial charge in [-0.15, -0.1) is 0 Å². The fourth-order valence-electron chi connectivity index (χ4n) is 2.78. The maximum Gasteiger partial charge on any atom is 0.311 e. The van der Waals surface area contributed by atoms with Gasteiger partial charge in [0.25, 0.3) is 0 Å². The molecule has 0 aromatic heterocycles. The van der Waals surface area contributed by atoms with Crippen molar-refractivity contribution in [2.24, 2.45) is 11.1 Å². The summed E-state index contributed by atoms with van der Waals surface area (Å²) < 4.78 is 27.4. The number of amides is 2. The van der Waals surface area contributed by atoms with E-state index in [1.54, 1.807) is 6.92 Å². The zero-order chi connectivity index (χ0) is 20.0. The monoisotopic (exact) mass is 397 g/mol. The number of primary sulfonamides is 1. The van der Waals surface area contributed by atoms with Crippen LogP contribution >= 0.6 is 0 Å². The Morgan fingerprint density at radius 3 is 2.30 bits per heavy atom. The number of sulfonamides is 1. The lowest BCUT2D eigenvalue weighted by Crippen LogP contribution is -2.47. The van der Waals surface area contributed by atoms with Crippen molar-refractivity contribution in [2.45, 2.75) is 31.2 Å². The Hall–Kier alpha value is -2.46. The zero-order valence-electron chi connectivity index (χ0n) is 15.0. The Morgan fingerprint density at radius 1 is 1.19 bits per heavy atom. The van der Waals surface area contributed by atoms with Crippen molar-refractivity contribution in [1.82, 2.24) is 10.2 Å². The van der Waals surface area contributed by atoms with Gasteiger partial charge >= 0.3 is 17.8 Å². The second-order valence-corrected chi connectivity index (χ2v) is 7.75. The van der Waals surface area contributed by atoms with Gasteiger partial charge in [-0.25, -0.2) is 13.6 Å². The highest BCUT2D eigenvalue weighted by Gasteiger charge is 2.30. The van der Waals surface area contributed by atoms with Gasteiger partial charge in [0.1, 0.15) is 0 Å². The molecule has 0 atom stereocenters. The molecule has 10 heteroatoms. The van der Waals surface area contributed by atoms with Crippen LogP contribution in [0.5, 0.6) is 0 Å². The van der Waals surface area contributed by atoms with Gasteiger partial charge in [0, 0.05) is 19.6 Å². The van der Waals surface area contributed by atoms with Gasteiger partial charge in [0.05, 0.1) is 17.4 Å². The summed E-state index contributed by atoms with van der Waals surface area (Å²) in [5.41, 5.74) is 0.629. The molecule has 1 aromatic carbocycles. The Bertz CT molecular complexity index is 798. The number of ether oxygens (including phenoxy) is 1. The average molecular weight is 397 g/mol. The van der Waals surface area contributed by atoms with Crippen molar-refractivity contribution in [3.8, 4) is 0 Å². The first-order valence-corrected chi connectivity index (χ1v) is 10.1. The second-order valence-electron chi connectivity index (χ2n) is 6.19. The summed E-state index contributed by atoms with van der Waals surface area (Å²) in [5, 5.41) is 7.53. The molecule has 9 nitrogen and oxygen atoms in total. The number of benzene rings is 1. The summed E-state index contributed by atoms with van der Waals surface area (Å²) >= 11 is 0. The maximum absolute atomic E-state index is 12.2. The SMILES string of the molecule is CCOC(=O)C1CCN(C(=O)C(=O)NCc2ccc(S(N)(=O)=O)cc2)CC1. The number of hydrogen-bond acceptors (Lipinski definition) is 6. The minimum atomic E-state index is -3.77. The van der Waals surface area contributed by atoms with Gasteiger partial charge in [-0.3, -0.25) is 14.4 Å². The van der Waals surface area contributed by atoms with Crippen LogP contribution in [0.15, 0.2) is 29.2 Å². The first kappa shape index (κ1) is 20.8. The van der Waals surface area contributed by atoms with Crippen LogP contribution in [0.25, 0.3) is 0 Å². The quantitative estimate of drug-likeness (QED) is 0.519. The van der Waals surface area contributed by atoms with Crippen LogP contribution in [-0.4, -0.2) is 50.8 Å². The van der Waals surface area contributed by atoms with Crippen molar-refractivity contribution in [1.29, 1.82) is 0 Å². The molecule has 0 radical (unpaired) electrons. The summed E-state index contributed by atoms with van der Waals surface area (Å²) in [6, 6.07) is 5.68. The molecule has 0 aliphatic carbocycles. The molecule has 1 aromatic rings. The minimum absolute atomic E-state index is 0.0295. The van der Waals surface area contributed by atoms with Crippen LogP contribution in [-0.2, 0) is 35.7 Å². The molecule has 1 saturated heterocycles. The zero-order valence-corrected chi connectivity index (χ0v) is 15.8. The Morgan fingerprint density at radius 2 is 1.78 bits per heavy atom. The van der Waals surface area contributed by atoms with Gasteiger partial charge in [-0.1, -0.05) is 12.1 Å². The molecule has 3 N–H and O–H groups in total. The third kappa shape index (κ3) is 5.76. The van der Waals surface area contributed by atoms with E-state index in [2.05, 4.69) is 5.32 Å². The molecular formula is C17H23N3O6S. The number of rotatable bonds is 5. The molecule has 2 rings (SSSR count). The number of piperidine rings is 1. The third-order valence-electron chi connectivity index (χ3n) is 4.30. The van der Waals surface area contributed by atoms with Crippen LogP contribution in [0.4, 0.5) is 0 Å². The topological polar surface area (TPSA) is 136 Å². The number of carbonyl (C=O) groups is 3. The van der Waals surface area contributed by atoms with Crippen molar-refractivity contribution in [3.05, 3.63) is 29.8 Å². The summed E-state index contributed by atoms with van der Waals surface area (Å²) in [6.45, 7) is 2.77. The molecule has 1 fully saturated rings. The minimum Gasteiger partial charge on any atom is -0.466 e. The van der Waals surface area contributed by atoms with Gasteiger partial charge in [0.2, 0.25) is 10.0 Å². The van der Waals surface area contributed by atoms with Crippen LogP contribution in [0, 0.1) is 5.92 Å². The maximum atomic E-state index is 12.2. The number of nitrogens with zero attached hydrogens (tertiary/aromatic N) is 1. The molecule has 1 heterocycles. The first-order valence-electron chi connectivity index (χ1n) is 8.58. The highest BCUT2D eigenvalue weighted by atomic mass is 32.2. The molecule has 0 unspecified atom stereocenters. The number of esters is 1. The molecule has 2 amide bonds. The van der Waals surface area contributed by atoms with Crippen LogP contribution in [0.3, 0.4) is 0 Å². The Labute approximate surface area is 157 Å². The molecule has 0 saturated carbocycles. The first-order chi connectivity index (χ1) is 12.7. The lowest BCUT2D eigenvalue weighted by Gasteiger charge is -2.30. The molecule has 27 heavy (non-hydrogen) atoms. The molecule has 1 aliphatic heterocycles. The highest BCUT2D eigenvalue weighted by Crippen LogP contribution is 2.18. The third-order valence-corrected chi connectivity index (χ3v) is 5.23. The van der Waals surface area contributed by atoms with E-state index in [4.69, 9.17) is 9.88 Å². The number of hydrogen-bond donors (Lipinski definition) is 2. The fraction of sp³-hybridized carbons (Fsp3) is 0.471. The summed E-state index contributed by atoms with van der Waals surface area (Å²) in [4.78, 5) is 37.3. The number of nitrogens with two attached hydrogens (primary N) is 1. The summed E-state index contributed by atoms with van der Waals surface area (Å²) in [7, 11) is -3.77. The molecule has 0 bridgehead atoms. The van der Waals surface area contributed by atoms with Gasteiger partial charge in [-0.2, -0.15) is 0 Å². The molecule has 0 spiro atoms. The van der Waals surface area contributed by atoms with E-state index in [1.165, 1.54) is 29.2 Å². The van der Waals surface area contributed by atoms with Crippen molar-refractivity contribution >= 4 is 27.8 Å². The number of nitrogens with one attached hydrogen (secondary N) is 1. The Kier molecular flexibility index (Phi) is 6.92. The lowest BCUT2D eigenvalue weighted by atomic mass is 9.97. The van der Waals surface area contributed by atoms with E-state index in [-0.39, 0.29) is 23.3 Å². The Balaban J connectivity index is 1.82. The van der Waals surface area contributed by atoms with Crippen molar-refractivity contribution < 1.29 is 27.5 Å². The van der Waals surface area contributed by atoms with E-state index < -0.39 is 21.8 Å². The summed E-state index contributed by atoms with van der Waals surface area (Å²) in [5.74, 6) is -1.91. The number of likely N-dealkylation sites (tertiary alicyclic amines) is 1. The predicted octanol–water partition coefficient (Wildman–Crippen LogP) is -0.248. The van der Waals surface area contributed by atoms with E-state index in [0.29, 0.717) is 38.1 Å². The normalized spacial score (nSPS) is 15.3.